The molecule has 1 aliphatic rings. The fourth-order valence-corrected chi connectivity index (χ4v) is 2.79. The zero-order valence-electron chi connectivity index (χ0n) is 15.5. The van der Waals surface area contributed by atoms with E-state index in [4.69, 9.17) is 14.7 Å². The second kappa shape index (κ2) is 8.04. The van der Waals surface area contributed by atoms with Crippen LogP contribution in [0.4, 0.5) is 10.6 Å². The summed E-state index contributed by atoms with van der Waals surface area (Å²) in [4.78, 5) is 30.3. The van der Waals surface area contributed by atoms with Crippen LogP contribution in [0, 0.1) is 11.3 Å². The number of carbonyl (C=O) groups excluding carboxylic acids is 2. The predicted octanol–water partition coefficient (Wildman–Crippen LogP) is 2.23. The van der Waals surface area contributed by atoms with E-state index in [-0.39, 0.29) is 17.2 Å². The average Bonchev–Trinajstić information content (AvgIpc) is 2.59. The number of amides is 1. The molecule has 0 aliphatic carbocycles. The van der Waals surface area contributed by atoms with Crippen LogP contribution in [0.3, 0.4) is 0 Å². The predicted molar refractivity (Wildman–Crippen MR) is 94.9 cm³/mol. The van der Waals surface area contributed by atoms with E-state index < -0.39 is 17.7 Å². The summed E-state index contributed by atoms with van der Waals surface area (Å²) in [6.45, 7) is 6.60. The number of nitriles is 1. The largest absolute Gasteiger partial charge is 0.465 e. The van der Waals surface area contributed by atoms with Crippen molar-refractivity contribution in [2.75, 3.05) is 25.1 Å². The van der Waals surface area contributed by atoms with Gasteiger partial charge in [-0.3, -0.25) is 0 Å². The average molecular weight is 360 g/mol. The lowest BCUT2D eigenvalue weighted by atomic mass is 10.0. The molecule has 0 saturated carbocycles. The lowest BCUT2D eigenvalue weighted by molar-refractivity contribution is 0.0498. The van der Waals surface area contributed by atoms with Crippen LogP contribution < -0.4 is 10.2 Å². The number of hydrogen-bond donors (Lipinski definition) is 1. The molecular formula is C18H24N4O4. The smallest absolute Gasteiger partial charge is 0.407 e. The fraction of sp³-hybridized carbons (Fsp3) is 0.556. The van der Waals surface area contributed by atoms with Crippen LogP contribution in [0.15, 0.2) is 12.3 Å². The Morgan fingerprint density at radius 2 is 2.15 bits per heavy atom. The molecule has 2 rings (SSSR count). The summed E-state index contributed by atoms with van der Waals surface area (Å²) in [5.74, 6) is -0.0987. The standard InChI is InChI=1S/C18H24N4O4/c1-18(2,3)26-17(24)21-13-6-5-7-22(11-13)15-14(16(23)25-4)8-12(9-19)10-20-15/h8,10,13H,5-7,11H2,1-4H3,(H,21,24). The first-order chi connectivity index (χ1) is 12.2. The molecule has 26 heavy (non-hydrogen) atoms. The number of nitrogens with zero attached hydrogens (tertiary/aromatic N) is 3. The minimum Gasteiger partial charge on any atom is -0.465 e. The van der Waals surface area contributed by atoms with Gasteiger partial charge < -0.3 is 19.7 Å². The lowest BCUT2D eigenvalue weighted by Gasteiger charge is -2.35. The minimum atomic E-state index is -0.564. The van der Waals surface area contributed by atoms with Gasteiger partial charge in [-0.1, -0.05) is 0 Å². The summed E-state index contributed by atoms with van der Waals surface area (Å²) in [5.41, 5.74) is -0.0374. The van der Waals surface area contributed by atoms with Crippen molar-refractivity contribution in [3.05, 3.63) is 23.4 Å². The Hall–Kier alpha value is -2.82. The summed E-state index contributed by atoms with van der Waals surface area (Å²) in [6, 6.07) is 3.32. The summed E-state index contributed by atoms with van der Waals surface area (Å²) < 4.78 is 10.1. The molecule has 1 saturated heterocycles. The van der Waals surface area contributed by atoms with Crippen LogP contribution >= 0.6 is 0 Å². The number of alkyl carbamates (subject to hydrolysis) is 1. The van der Waals surface area contributed by atoms with E-state index in [2.05, 4.69) is 10.3 Å². The molecule has 1 aliphatic heterocycles. The van der Waals surface area contributed by atoms with Crippen LogP contribution in [0.25, 0.3) is 0 Å². The molecule has 0 bridgehead atoms. The Labute approximate surface area is 153 Å². The summed E-state index contributed by atoms with van der Waals surface area (Å²) in [6.07, 6.45) is 2.58. The SMILES string of the molecule is COC(=O)c1cc(C#N)cnc1N1CCCC(NC(=O)OC(C)(C)C)C1. The molecule has 8 heteroatoms. The van der Waals surface area contributed by atoms with Crippen molar-refractivity contribution in [2.24, 2.45) is 0 Å². The first kappa shape index (κ1) is 19.5. The zero-order valence-corrected chi connectivity index (χ0v) is 15.5. The number of ether oxygens (including phenoxy) is 2. The van der Waals surface area contributed by atoms with Crippen molar-refractivity contribution in [2.45, 2.75) is 45.3 Å². The van der Waals surface area contributed by atoms with Gasteiger partial charge in [0.25, 0.3) is 0 Å². The lowest BCUT2D eigenvalue weighted by Crippen LogP contribution is -2.49. The maximum Gasteiger partial charge on any atom is 0.407 e. The summed E-state index contributed by atoms with van der Waals surface area (Å²) in [7, 11) is 1.29. The van der Waals surface area contributed by atoms with E-state index in [0.29, 0.717) is 18.9 Å². The fourth-order valence-electron chi connectivity index (χ4n) is 2.79. The molecule has 1 atom stereocenters. The number of nitrogens with one attached hydrogen (secondary N) is 1. The Balaban J connectivity index is 2.15. The van der Waals surface area contributed by atoms with Gasteiger partial charge in [-0.25, -0.2) is 14.6 Å². The number of aromatic nitrogens is 1. The molecule has 1 fully saturated rings. The molecule has 1 unspecified atom stereocenters. The van der Waals surface area contributed by atoms with Crippen LogP contribution in [0.2, 0.25) is 0 Å². The van der Waals surface area contributed by atoms with Gasteiger partial charge >= 0.3 is 12.1 Å². The third-order valence-electron chi connectivity index (χ3n) is 3.84. The topological polar surface area (TPSA) is 105 Å². The molecule has 1 aromatic rings. The van der Waals surface area contributed by atoms with Gasteiger partial charge in [0.05, 0.1) is 12.7 Å². The molecule has 0 aromatic carbocycles. The van der Waals surface area contributed by atoms with Crippen LogP contribution in [0.1, 0.15) is 49.5 Å². The van der Waals surface area contributed by atoms with E-state index in [1.165, 1.54) is 19.4 Å². The highest BCUT2D eigenvalue weighted by Gasteiger charge is 2.27. The first-order valence-corrected chi connectivity index (χ1v) is 8.46. The van der Waals surface area contributed by atoms with Crippen molar-refractivity contribution < 1.29 is 19.1 Å². The minimum absolute atomic E-state index is 0.124. The van der Waals surface area contributed by atoms with Crippen LogP contribution in [-0.2, 0) is 9.47 Å². The quantitative estimate of drug-likeness (QED) is 0.824. The van der Waals surface area contributed by atoms with E-state index in [1.54, 1.807) is 0 Å². The molecule has 1 aromatic heterocycles. The van der Waals surface area contributed by atoms with E-state index in [9.17, 15) is 9.59 Å². The van der Waals surface area contributed by atoms with Crippen molar-refractivity contribution in [3.8, 4) is 6.07 Å². The van der Waals surface area contributed by atoms with Gasteiger partial charge in [0.15, 0.2) is 0 Å². The van der Waals surface area contributed by atoms with Gasteiger partial charge in [-0.15, -0.1) is 0 Å². The number of anilines is 1. The highest BCUT2D eigenvalue weighted by Crippen LogP contribution is 2.24. The van der Waals surface area contributed by atoms with Crippen LogP contribution in [0.5, 0.6) is 0 Å². The van der Waals surface area contributed by atoms with E-state index in [1.807, 2.05) is 31.7 Å². The van der Waals surface area contributed by atoms with Gasteiger partial charge in [0.1, 0.15) is 23.1 Å². The molecule has 1 N–H and O–H groups in total. The molecule has 0 spiro atoms. The molecule has 1 amide bonds. The van der Waals surface area contributed by atoms with E-state index >= 15 is 0 Å². The molecular weight excluding hydrogens is 336 g/mol. The van der Waals surface area contributed by atoms with Crippen molar-refractivity contribution in [1.82, 2.24) is 10.3 Å². The van der Waals surface area contributed by atoms with Gasteiger partial charge in [0.2, 0.25) is 0 Å². The van der Waals surface area contributed by atoms with Gasteiger partial charge in [0, 0.05) is 25.3 Å². The van der Waals surface area contributed by atoms with Crippen molar-refractivity contribution >= 4 is 17.9 Å². The van der Waals surface area contributed by atoms with E-state index in [0.717, 1.165) is 12.8 Å². The molecule has 0 radical (unpaired) electrons. The number of rotatable bonds is 3. The van der Waals surface area contributed by atoms with Crippen molar-refractivity contribution in [1.29, 1.82) is 5.26 Å². The number of esters is 1. The highest BCUT2D eigenvalue weighted by molar-refractivity contribution is 5.95. The van der Waals surface area contributed by atoms with Crippen molar-refractivity contribution in [3.63, 3.8) is 0 Å². The number of piperidine rings is 1. The number of pyridine rings is 1. The second-order valence-electron chi connectivity index (χ2n) is 7.13. The number of carbonyl (C=O) groups is 2. The Kier molecular flexibility index (Phi) is 6.03. The Morgan fingerprint density at radius 1 is 1.42 bits per heavy atom. The van der Waals surface area contributed by atoms with Crippen LogP contribution in [-0.4, -0.2) is 48.9 Å². The summed E-state index contributed by atoms with van der Waals surface area (Å²) >= 11 is 0. The third-order valence-corrected chi connectivity index (χ3v) is 3.84. The summed E-state index contributed by atoms with van der Waals surface area (Å²) in [5, 5.41) is 11.9. The molecule has 8 nitrogen and oxygen atoms in total. The Bertz CT molecular complexity index is 721. The maximum absolute atomic E-state index is 12.1. The normalized spacial score (nSPS) is 17.2. The molecule has 2 heterocycles. The van der Waals surface area contributed by atoms with Gasteiger partial charge in [-0.2, -0.15) is 5.26 Å². The maximum atomic E-state index is 12.1. The monoisotopic (exact) mass is 360 g/mol. The number of methoxy groups -OCH3 is 1. The Morgan fingerprint density at radius 3 is 2.77 bits per heavy atom. The zero-order chi connectivity index (χ0) is 19.3. The third kappa shape index (κ3) is 5.09. The number of hydrogen-bond acceptors (Lipinski definition) is 7. The highest BCUT2D eigenvalue weighted by atomic mass is 16.6. The second-order valence-corrected chi connectivity index (χ2v) is 7.13. The first-order valence-electron chi connectivity index (χ1n) is 8.46. The van der Waals surface area contributed by atoms with Gasteiger partial charge in [-0.05, 0) is 39.7 Å². The molecule has 140 valence electrons.